The lowest BCUT2D eigenvalue weighted by Crippen LogP contribution is -2.18. The Morgan fingerprint density at radius 1 is 0.430 bits per heavy atom. The zero-order valence-corrected chi connectivity index (χ0v) is 57.3. The highest BCUT2D eigenvalue weighted by Crippen LogP contribution is 2.44. The maximum absolute atomic E-state index is 15.9. The third kappa shape index (κ3) is 17.8. The lowest BCUT2D eigenvalue weighted by molar-refractivity contribution is 0.514. The first kappa shape index (κ1) is 77.6. The predicted octanol–water partition coefficient (Wildman–Crippen LogP) is 17.0. The van der Waals surface area contributed by atoms with Gasteiger partial charge in [-0.2, -0.15) is 0 Å². The number of nitrogens with two attached hydrogens (primary N) is 1. The maximum atomic E-state index is 15.9. The van der Waals surface area contributed by atoms with E-state index in [1.165, 1.54) is 92.2 Å². The van der Waals surface area contributed by atoms with Gasteiger partial charge in [0.15, 0.2) is 26.3 Å². The smallest absolute Gasteiger partial charge is 0.267 e. The molecule has 0 saturated heterocycles. The van der Waals surface area contributed by atoms with Gasteiger partial charge in [0.2, 0.25) is 11.2 Å². The van der Waals surface area contributed by atoms with Crippen molar-refractivity contribution in [2.45, 2.75) is 42.4 Å². The molecule has 0 spiro atoms. The molecule has 17 nitrogen and oxygen atoms in total. The number of halogens is 12. The van der Waals surface area contributed by atoms with E-state index in [0.717, 1.165) is 65.7 Å². The molecular formula is C66H50Cl2F10N10O7S5. The normalized spacial score (nSPS) is 11.1. The van der Waals surface area contributed by atoms with Crippen molar-refractivity contribution >= 4 is 91.4 Å². The number of rotatable bonds is 13. The van der Waals surface area contributed by atoms with Gasteiger partial charge in [0, 0.05) is 51.4 Å². The van der Waals surface area contributed by atoms with Crippen LogP contribution in [0.3, 0.4) is 0 Å². The summed E-state index contributed by atoms with van der Waals surface area (Å²) in [7, 11) is -9.17. The highest BCUT2D eigenvalue weighted by Gasteiger charge is 2.31. The summed E-state index contributed by atoms with van der Waals surface area (Å²) in [6.45, 7) is 5.50. The van der Waals surface area contributed by atoms with E-state index in [9.17, 15) is 60.4 Å². The molecule has 0 aliphatic carbocycles. The molecule has 0 bridgehead atoms. The molecule has 4 heterocycles. The lowest BCUT2D eigenvalue weighted by Gasteiger charge is -2.13. The number of thiazole rings is 2. The number of anilines is 3. The van der Waals surface area contributed by atoms with Gasteiger partial charge in [0.05, 0.1) is 43.9 Å². The predicted molar refractivity (Wildman–Crippen MR) is 365 cm³/mol. The van der Waals surface area contributed by atoms with E-state index in [1.807, 2.05) is 70.1 Å². The van der Waals surface area contributed by atoms with E-state index in [2.05, 4.69) is 29.9 Å². The van der Waals surface area contributed by atoms with Crippen LogP contribution in [0.15, 0.2) is 191 Å². The molecule has 9 N–H and O–H groups in total. The number of benzene rings is 8. The molecule has 12 rings (SSSR count). The second kappa shape index (κ2) is 32.5. The number of nitrogens with zero attached hydrogens (tertiary/aromatic N) is 6. The maximum Gasteiger partial charge on any atom is 0.267 e. The fourth-order valence-corrected chi connectivity index (χ4v) is 14.8. The number of nitrogens with one attached hydrogen (secondary N) is 2. The van der Waals surface area contributed by atoms with E-state index in [0.29, 0.717) is 36.7 Å². The van der Waals surface area contributed by atoms with Gasteiger partial charge in [0.25, 0.3) is 29.1 Å². The van der Waals surface area contributed by atoms with Crippen LogP contribution in [0.25, 0.3) is 64.8 Å². The Labute approximate surface area is 582 Å². The van der Waals surface area contributed by atoms with E-state index < -0.39 is 113 Å². The van der Waals surface area contributed by atoms with Gasteiger partial charge in [-0.25, -0.2) is 99.1 Å². The SMILES string of the molecule is Cc1ccc(F)c(S(=O)(=O)Cl)c1F.Cc1ccc(F)c(S(=O)(=O)Nc2cccc(-c3nc(-c4ccccc4)sc3-c3ccnc(Cl)n3)c2F)c1F.Cc1ccc(F)c(S(=O)(=O)Nc2cccc(-c3nc(-c4ccccc4)sc3-c3ccnc(N)n3)c2F)c1F.Cc1ccc(F)cc1F.N.O. The lowest BCUT2D eigenvalue weighted by atomic mass is 10.1. The van der Waals surface area contributed by atoms with Gasteiger partial charge in [-0.3, -0.25) is 9.44 Å². The minimum absolute atomic E-state index is 0. The van der Waals surface area contributed by atoms with Gasteiger partial charge in [-0.05, 0) is 122 Å². The van der Waals surface area contributed by atoms with Crippen LogP contribution in [0.2, 0.25) is 5.28 Å². The number of nitrogen functional groups attached to an aromatic ring is 1. The first-order valence-corrected chi connectivity index (χ1v) is 35.2. The first-order valence-electron chi connectivity index (χ1n) is 27.9. The number of aryl methyl sites for hydroxylation is 4. The molecule has 0 saturated carbocycles. The van der Waals surface area contributed by atoms with Crippen molar-refractivity contribution in [1.29, 1.82) is 0 Å². The molecule has 12 aromatic rings. The highest BCUT2D eigenvalue weighted by atomic mass is 35.7. The Bertz CT molecular complexity index is 5110. The van der Waals surface area contributed by atoms with E-state index >= 15 is 8.78 Å². The van der Waals surface area contributed by atoms with Gasteiger partial charge < -0.3 is 17.4 Å². The average Bonchev–Trinajstić information content (AvgIpc) is 1.15. The second-order valence-corrected chi connectivity index (χ2v) is 28.6. The minimum Gasteiger partial charge on any atom is -0.412 e. The molecule has 0 fully saturated rings. The summed E-state index contributed by atoms with van der Waals surface area (Å²) in [6.07, 6.45) is 2.90. The van der Waals surface area contributed by atoms with Gasteiger partial charge >= 0.3 is 0 Å². The summed E-state index contributed by atoms with van der Waals surface area (Å²) >= 11 is 8.46. The van der Waals surface area contributed by atoms with Crippen molar-refractivity contribution in [2.24, 2.45) is 0 Å². The molecule has 0 aliphatic rings. The molecule has 100 heavy (non-hydrogen) atoms. The zero-order valence-electron chi connectivity index (χ0n) is 51.7. The number of hydrogen-bond acceptors (Lipinski definition) is 16. The summed E-state index contributed by atoms with van der Waals surface area (Å²) < 4.78 is 217. The quantitative estimate of drug-likeness (QED) is 0.0474. The first-order chi connectivity index (χ1) is 46.3. The second-order valence-electron chi connectivity index (χ2n) is 20.5. The Balaban J connectivity index is 0.000000212. The molecule has 0 atom stereocenters. The molecule has 8 aromatic carbocycles. The monoisotopic (exact) mass is 1510 g/mol. The molecule has 0 amide bonds. The van der Waals surface area contributed by atoms with Gasteiger partial charge in [0.1, 0.15) is 56.6 Å². The standard InChI is InChI=1S/C26H16ClF3N4O2S2.C26H18F3N5O2S2.C7H5ClF2O2S.C7H6F2.H3N.H2O/c1-14-10-11-17(28)24(20(14)29)38(35,36)34-18-9-5-8-16(21(18)30)22-23(19-12-13-31-26(27)32-19)37-25(33-22)15-6-3-2-4-7-15;1-14-10-11-17(27)24(20(14)28)38(35,36)34-18-9-5-8-16(21(18)29)22-23(19-12-13-31-26(30)32-19)37-25(33-22)15-6-3-2-4-7-15;1-4-2-3-5(9)7(6(4)10)13(8,11)12;1-5-2-3-6(8)4-7(5)9;;/h2-13,34H,1H3;2-13,34H,1H3,(H2,30,31,32);2-3H,1H3;2-4H,1H3;1H3;1H2. The Kier molecular flexibility index (Phi) is 25.2. The van der Waals surface area contributed by atoms with Crippen molar-refractivity contribution < 1.29 is 74.6 Å². The van der Waals surface area contributed by atoms with Crippen LogP contribution >= 0.6 is 45.0 Å². The largest absolute Gasteiger partial charge is 0.412 e. The van der Waals surface area contributed by atoms with Crippen LogP contribution in [-0.2, 0) is 29.1 Å². The average molecular weight is 1520 g/mol. The van der Waals surface area contributed by atoms with Crippen LogP contribution in [0.4, 0.5) is 61.2 Å². The topological polar surface area (TPSA) is 296 Å². The fraction of sp³-hybridized carbons (Fsp3) is 0.0606. The van der Waals surface area contributed by atoms with Crippen molar-refractivity contribution in [2.75, 3.05) is 15.2 Å². The number of hydrogen-bond donors (Lipinski definition) is 4. The molecular weight excluding hydrogens is 1470 g/mol. The minimum atomic E-state index is -4.82. The van der Waals surface area contributed by atoms with E-state index in [-0.39, 0.29) is 62.1 Å². The molecule has 4 aromatic heterocycles. The summed E-state index contributed by atoms with van der Waals surface area (Å²) in [6, 6.07) is 38.9. The summed E-state index contributed by atoms with van der Waals surface area (Å²) in [5, 5.41) is 1.09. The molecule has 520 valence electrons. The number of sulfonamides is 2. The highest BCUT2D eigenvalue weighted by molar-refractivity contribution is 8.13. The van der Waals surface area contributed by atoms with Crippen LogP contribution in [-0.4, -0.2) is 60.6 Å². The molecule has 0 radical (unpaired) electrons. The molecule has 0 aliphatic heterocycles. The van der Waals surface area contributed by atoms with Crippen LogP contribution in [0.1, 0.15) is 22.3 Å². The fourth-order valence-electron chi connectivity index (χ4n) is 8.88. The van der Waals surface area contributed by atoms with Crippen molar-refractivity contribution in [1.82, 2.24) is 36.1 Å². The molecule has 0 unspecified atom stereocenters. The summed E-state index contributed by atoms with van der Waals surface area (Å²) in [5.41, 5.74) is 7.65. The van der Waals surface area contributed by atoms with Crippen LogP contribution in [0.5, 0.6) is 0 Å². The summed E-state index contributed by atoms with van der Waals surface area (Å²) in [5.74, 6) is -10.4. The van der Waals surface area contributed by atoms with Crippen LogP contribution in [0, 0.1) is 85.9 Å². The van der Waals surface area contributed by atoms with Crippen molar-refractivity contribution in [3.05, 3.63) is 262 Å². The Hall–Kier alpha value is -9.77. The third-order valence-electron chi connectivity index (χ3n) is 13.7. The third-order valence-corrected chi connectivity index (χ3v) is 20.3. The summed E-state index contributed by atoms with van der Waals surface area (Å²) in [4.78, 5) is 22.9. The van der Waals surface area contributed by atoms with E-state index in [4.69, 9.17) is 28.0 Å². The Morgan fingerprint density at radius 2 is 0.820 bits per heavy atom. The van der Waals surface area contributed by atoms with Crippen molar-refractivity contribution in [3.8, 4) is 64.8 Å². The zero-order chi connectivity index (χ0) is 71.1. The molecule has 34 heteroatoms. The van der Waals surface area contributed by atoms with E-state index in [1.54, 1.807) is 19.1 Å². The number of aromatic nitrogens is 6. The Morgan fingerprint density at radius 3 is 1.20 bits per heavy atom. The van der Waals surface area contributed by atoms with Gasteiger partial charge in [-0.1, -0.05) is 97.1 Å². The van der Waals surface area contributed by atoms with Crippen molar-refractivity contribution in [3.63, 3.8) is 0 Å². The van der Waals surface area contributed by atoms with Gasteiger partial charge in [-0.15, -0.1) is 22.7 Å². The van der Waals surface area contributed by atoms with Crippen LogP contribution < -0.4 is 21.3 Å².